The summed E-state index contributed by atoms with van der Waals surface area (Å²) >= 11 is 0. The van der Waals surface area contributed by atoms with E-state index < -0.39 is 18.5 Å². The van der Waals surface area contributed by atoms with Gasteiger partial charge in [-0.15, -0.1) is 0 Å². The molecule has 0 radical (unpaired) electrons. The van der Waals surface area contributed by atoms with Crippen LogP contribution in [0.25, 0.3) is 0 Å². The molecule has 1 N–H and O–H groups in total. The second kappa shape index (κ2) is 7.70. The van der Waals surface area contributed by atoms with Gasteiger partial charge < -0.3 is 19.5 Å². The number of benzene rings is 2. The van der Waals surface area contributed by atoms with Gasteiger partial charge in [-0.2, -0.15) is 0 Å². The molecule has 8 nitrogen and oxygen atoms in total. The van der Waals surface area contributed by atoms with Gasteiger partial charge in [-0.1, -0.05) is 24.3 Å². The van der Waals surface area contributed by atoms with Crippen molar-refractivity contribution < 1.29 is 28.6 Å². The molecule has 0 bridgehead atoms. The van der Waals surface area contributed by atoms with Gasteiger partial charge in [-0.3, -0.25) is 14.5 Å². The first-order valence-corrected chi connectivity index (χ1v) is 9.61. The van der Waals surface area contributed by atoms with Crippen LogP contribution in [-0.2, 0) is 25.5 Å². The maximum atomic E-state index is 12.5. The lowest BCUT2D eigenvalue weighted by Gasteiger charge is -2.28. The molecule has 2 aromatic carbocycles. The Kier molecular flexibility index (Phi) is 5.07. The van der Waals surface area contributed by atoms with Crippen molar-refractivity contribution in [3.05, 3.63) is 48.0 Å². The first kappa shape index (κ1) is 19.8. The minimum absolute atomic E-state index is 0.132. The fraction of sp³-hybridized carbons (Fsp3) is 0.318. The van der Waals surface area contributed by atoms with Crippen molar-refractivity contribution in [1.82, 2.24) is 0 Å². The van der Waals surface area contributed by atoms with Crippen molar-refractivity contribution in [1.29, 1.82) is 0 Å². The summed E-state index contributed by atoms with van der Waals surface area (Å²) in [5, 5.41) is 2.70. The number of carbonyl (C=O) groups excluding carboxylic acids is 3. The van der Waals surface area contributed by atoms with Crippen LogP contribution in [0.15, 0.2) is 42.5 Å². The second-order valence-corrected chi connectivity index (χ2v) is 7.78. The highest BCUT2D eigenvalue weighted by Gasteiger charge is 2.32. The number of esters is 1. The molecule has 2 aliphatic rings. The number of nitrogens with zero attached hydrogens (tertiary/aromatic N) is 1. The summed E-state index contributed by atoms with van der Waals surface area (Å²) in [4.78, 5) is 37.7. The van der Waals surface area contributed by atoms with Crippen LogP contribution >= 0.6 is 0 Å². The lowest BCUT2D eigenvalue weighted by molar-refractivity contribution is -0.149. The number of fused-ring (bicyclic) bond motifs is 2. The number of amides is 2. The SMILES string of the molecule is CC1(C)Cc2cccc(OCC(=O)OCC(=O)N3CC(=O)Nc4ccccc43)c2O1. The zero-order chi connectivity index (χ0) is 21.3. The standard InChI is InChI=1S/C22H22N2O6/c1-22(2)10-14-6-5-9-17(21(14)30-22)28-13-20(27)29-12-19(26)24-11-18(25)23-15-7-3-4-8-16(15)24/h3-9H,10-13H2,1-2H3,(H,23,25). The lowest BCUT2D eigenvalue weighted by atomic mass is 10.0. The van der Waals surface area contributed by atoms with E-state index in [-0.39, 0.29) is 24.7 Å². The Hall–Kier alpha value is -3.55. The molecule has 0 unspecified atom stereocenters. The highest BCUT2D eigenvalue weighted by molar-refractivity contribution is 6.10. The third-order valence-electron chi connectivity index (χ3n) is 4.83. The molecule has 2 heterocycles. The van der Waals surface area contributed by atoms with Gasteiger partial charge in [0.05, 0.1) is 11.4 Å². The monoisotopic (exact) mass is 410 g/mol. The van der Waals surface area contributed by atoms with E-state index in [1.807, 2.05) is 26.0 Å². The van der Waals surface area contributed by atoms with E-state index in [2.05, 4.69) is 5.32 Å². The molecule has 0 saturated heterocycles. The van der Waals surface area contributed by atoms with Crippen molar-refractivity contribution >= 4 is 29.2 Å². The van der Waals surface area contributed by atoms with Crippen LogP contribution in [-0.4, -0.2) is 43.1 Å². The number of rotatable bonds is 5. The molecular weight excluding hydrogens is 388 g/mol. The number of hydrogen-bond acceptors (Lipinski definition) is 6. The largest absolute Gasteiger partial charge is 0.483 e. The molecule has 30 heavy (non-hydrogen) atoms. The Morgan fingerprint density at radius 2 is 1.93 bits per heavy atom. The second-order valence-electron chi connectivity index (χ2n) is 7.78. The van der Waals surface area contributed by atoms with Gasteiger partial charge in [0.2, 0.25) is 5.91 Å². The molecule has 0 aromatic heterocycles. The van der Waals surface area contributed by atoms with E-state index in [9.17, 15) is 14.4 Å². The number of para-hydroxylation sites is 3. The van der Waals surface area contributed by atoms with Gasteiger partial charge in [0.15, 0.2) is 24.7 Å². The van der Waals surface area contributed by atoms with E-state index in [1.165, 1.54) is 4.90 Å². The van der Waals surface area contributed by atoms with Gasteiger partial charge in [0.25, 0.3) is 5.91 Å². The summed E-state index contributed by atoms with van der Waals surface area (Å²) in [5.74, 6) is -0.396. The highest BCUT2D eigenvalue weighted by atomic mass is 16.6. The Balaban J connectivity index is 1.33. The summed E-state index contributed by atoms with van der Waals surface area (Å²) in [6.07, 6.45) is 0.753. The van der Waals surface area contributed by atoms with Crippen molar-refractivity contribution in [3.63, 3.8) is 0 Å². The molecule has 8 heteroatoms. The van der Waals surface area contributed by atoms with Crippen molar-refractivity contribution in [2.24, 2.45) is 0 Å². The first-order chi connectivity index (χ1) is 14.3. The average molecular weight is 410 g/mol. The third-order valence-corrected chi connectivity index (χ3v) is 4.83. The summed E-state index contributed by atoms with van der Waals surface area (Å²) in [7, 11) is 0. The molecule has 0 atom stereocenters. The number of ether oxygens (including phenoxy) is 3. The number of anilines is 2. The fourth-order valence-corrected chi connectivity index (χ4v) is 3.56. The lowest BCUT2D eigenvalue weighted by Crippen LogP contribution is -2.44. The van der Waals surface area contributed by atoms with Crippen LogP contribution in [0, 0.1) is 0 Å². The fourth-order valence-electron chi connectivity index (χ4n) is 3.56. The highest BCUT2D eigenvalue weighted by Crippen LogP contribution is 2.41. The molecule has 0 saturated carbocycles. The Morgan fingerprint density at radius 3 is 2.77 bits per heavy atom. The molecule has 0 fully saturated rings. The molecule has 0 aliphatic carbocycles. The molecule has 0 spiro atoms. The topological polar surface area (TPSA) is 94.2 Å². The minimum atomic E-state index is -0.687. The Labute approximate surface area is 173 Å². The zero-order valence-corrected chi connectivity index (χ0v) is 16.8. The van der Waals surface area contributed by atoms with Gasteiger partial charge in [0, 0.05) is 12.0 Å². The maximum absolute atomic E-state index is 12.5. The van der Waals surface area contributed by atoms with E-state index in [4.69, 9.17) is 14.2 Å². The molecule has 2 amide bonds. The van der Waals surface area contributed by atoms with E-state index >= 15 is 0 Å². The van der Waals surface area contributed by atoms with Gasteiger partial charge in [-0.05, 0) is 32.0 Å². The number of carbonyl (C=O) groups is 3. The Morgan fingerprint density at radius 1 is 1.13 bits per heavy atom. The summed E-state index contributed by atoms with van der Waals surface area (Å²) in [6.45, 7) is 2.99. The normalized spacial score (nSPS) is 16.1. The van der Waals surface area contributed by atoms with Crippen LogP contribution in [0.1, 0.15) is 19.4 Å². The third kappa shape index (κ3) is 4.07. The molecule has 2 aromatic rings. The van der Waals surface area contributed by atoms with Crippen LogP contribution < -0.4 is 19.7 Å². The predicted molar refractivity (Wildman–Crippen MR) is 109 cm³/mol. The van der Waals surface area contributed by atoms with E-state index in [0.717, 1.165) is 12.0 Å². The van der Waals surface area contributed by atoms with Crippen molar-refractivity contribution in [3.8, 4) is 11.5 Å². The number of nitrogens with one attached hydrogen (secondary N) is 1. The summed E-state index contributed by atoms with van der Waals surface area (Å²) in [5.41, 5.74) is 1.79. The predicted octanol–water partition coefficient (Wildman–Crippen LogP) is 2.31. The van der Waals surface area contributed by atoms with E-state index in [1.54, 1.807) is 30.3 Å². The molecule has 4 rings (SSSR count). The molecular formula is C22H22N2O6. The quantitative estimate of drug-likeness (QED) is 0.761. The van der Waals surface area contributed by atoms with Crippen molar-refractivity contribution in [2.75, 3.05) is 30.0 Å². The number of hydrogen-bond donors (Lipinski definition) is 1. The van der Waals surface area contributed by atoms with Crippen LogP contribution in [0.2, 0.25) is 0 Å². The van der Waals surface area contributed by atoms with E-state index in [0.29, 0.717) is 22.9 Å². The van der Waals surface area contributed by atoms with Crippen LogP contribution in [0.3, 0.4) is 0 Å². The molecule has 2 aliphatic heterocycles. The maximum Gasteiger partial charge on any atom is 0.344 e. The summed E-state index contributed by atoms with van der Waals surface area (Å²) in [6, 6.07) is 12.5. The first-order valence-electron chi connectivity index (χ1n) is 9.61. The van der Waals surface area contributed by atoms with Crippen LogP contribution in [0.4, 0.5) is 11.4 Å². The van der Waals surface area contributed by atoms with Gasteiger partial charge in [-0.25, -0.2) is 4.79 Å². The Bertz CT molecular complexity index is 1020. The smallest absolute Gasteiger partial charge is 0.344 e. The zero-order valence-electron chi connectivity index (χ0n) is 16.8. The summed E-state index contributed by atoms with van der Waals surface area (Å²) < 4.78 is 16.5. The van der Waals surface area contributed by atoms with Crippen LogP contribution in [0.5, 0.6) is 11.5 Å². The average Bonchev–Trinajstić information content (AvgIpc) is 3.04. The van der Waals surface area contributed by atoms with Gasteiger partial charge >= 0.3 is 5.97 Å². The molecule has 156 valence electrons. The van der Waals surface area contributed by atoms with Crippen molar-refractivity contribution in [2.45, 2.75) is 25.9 Å². The minimum Gasteiger partial charge on any atom is -0.483 e. The van der Waals surface area contributed by atoms with Gasteiger partial charge in [0.1, 0.15) is 12.1 Å².